The van der Waals surface area contributed by atoms with Crippen molar-refractivity contribution >= 4 is 44.9 Å². The molecule has 3 aromatic rings. The molecule has 1 amide bonds. The van der Waals surface area contributed by atoms with Gasteiger partial charge in [0.2, 0.25) is 5.91 Å². The first-order chi connectivity index (χ1) is 14.5. The van der Waals surface area contributed by atoms with Crippen LogP contribution in [-0.2, 0) is 17.6 Å². The largest absolute Gasteiger partial charge is 0.310 e. The predicted molar refractivity (Wildman–Crippen MR) is 123 cm³/mol. The van der Waals surface area contributed by atoms with Gasteiger partial charge in [0.05, 0.1) is 17.7 Å². The second kappa shape index (κ2) is 8.75. The maximum atomic E-state index is 13.4. The summed E-state index contributed by atoms with van der Waals surface area (Å²) in [4.78, 5) is 26.9. The van der Waals surface area contributed by atoms with E-state index in [0.29, 0.717) is 13.0 Å². The van der Waals surface area contributed by atoms with Gasteiger partial charge in [0.15, 0.2) is 0 Å². The number of nitriles is 1. The molecular weight excluding hydrogens is 412 g/mol. The molecule has 1 aliphatic rings. The minimum atomic E-state index is -0.320. The van der Waals surface area contributed by atoms with E-state index in [0.717, 1.165) is 45.2 Å². The second-order valence-corrected chi connectivity index (χ2v) is 10.0. The van der Waals surface area contributed by atoms with Crippen LogP contribution in [0.3, 0.4) is 0 Å². The quantitative estimate of drug-likeness (QED) is 0.391. The van der Waals surface area contributed by atoms with Gasteiger partial charge in [0, 0.05) is 22.5 Å². The highest BCUT2D eigenvalue weighted by Crippen LogP contribution is 2.41. The Kier molecular flexibility index (Phi) is 6.07. The first-order valence-electron chi connectivity index (χ1n) is 10.2. The molecule has 1 aromatic carbocycles. The average molecular weight is 437 g/mol. The van der Waals surface area contributed by atoms with E-state index in [9.17, 15) is 4.79 Å². The van der Waals surface area contributed by atoms with Gasteiger partial charge < -0.3 is 4.90 Å². The number of hydrogen-bond acceptors (Lipinski definition) is 6. The number of benzene rings is 1. The number of anilines is 1. The number of aryl methyl sites for hydroxylation is 4. The molecule has 1 unspecified atom stereocenters. The smallest absolute Gasteiger partial charge is 0.240 e. The molecule has 0 fully saturated rings. The highest BCUT2D eigenvalue weighted by Gasteiger charge is 2.27. The van der Waals surface area contributed by atoms with Crippen LogP contribution in [0.15, 0.2) is 29.3 Å². The minimum absolute atomic E-state index is 0.00427. The molecule has 5 nitrogen and oxygen atoms in total. The number of thioether (sulfide) groups is 1. The zero-order valence-electron chi connectivity index (χ0n) is 17.4. The van der Waals surface area contributed by atoms with Gasteiger partial charge in [-0.05, 0) is 57.7 Å². The third kappa shape index (κ3) is 4.07. The molecule has 0 radical (unpaired) electrons. The lowest BCUT2D eigenvalue weighted by molar-refractivity contribution is -0.117. The molecule has 7 heteroatoms. The van der Waals surface area contributed by atoms with E-state index in [1.807, 2.05) is 45.0 Å². The van der Waals surface area contributed by atoms with E-state index < -0.39 is 0 Å². The molecule has 0 aliphatic heterocycles. The maximum Gasteiger partial charge on any atom is 0.240 e. The van der Waals surface area contributed by atoms with Gasteiger partial charge in [-0.2, -0.15) is 5.26 Å². The van der Waals surface area contributed by atoms with Gasteiger partial charge in [-0.25, -0.2) is 9.97 Å². The van der Waals surface area contributed by atoms with Gasteiger partial charge in [-0.15, -0.1) is 11.3 Å². The van der Waals surface area contributed by atoms with E-state index >= 15 is 0 Å². The molecule has 0 bridgehead atoms. The highest BCUT2D eigenvalue weighted by molar-refractivity contribution is 8.00. The van der Waals surface area contributed by atoms with E-state index in [4.69, 9.17) is 10.2 Å². The zero-order valence-corrected chi connectivity index (χ0v) is 19.1. The lowest BCUT2D eigenvalue weighted by Gasteiger charge is -2.25. The van der Waals surface area contributed by atoms with Crippen LogP contribution in [-0.4, -0.2) is 27.7 Å². The third-order valence-corrected chi connectivity index (χ3v) is 7.60. The Balaban J connectivity index is 1.63. The maximum absolute atomic E-state index is 13.4. The Morgan fingerprint density at radius 2 is 2.03 bits per heavy atom. The summed E-state index contributed by atoms with van der Waals surface area (Å²) in [6.07, 6.45) is 3.66. The van der Waals surface area contributed by atoms with Crippen molar-refractivity contribution in [1.29, 1.82) is 5.26 Å². The third-order valence-electron chi connectivity index (χ3n) is 5.34. The molecular formula is C23H24N4OS2. The van der Waals surface area contributed by atoms with Crippen LogP contribution in [0.1, 0.15) is 41.6 Å². The second-order valence-electron chi connectivity index (χ2n) is 7.61. The zero-order chi connectivity index (χ0) is 21.3. The van der Waals surface area contributed by atoms with E-state index in [1.54, 1.807) is 16.2 Å². The number of carbonyl (C=O) groups is 1. The number of fused-ring (bicyclic) bond motifs is 3. The lowest BCUT2D eigenvalue weighted by atomic mass is 10.2. The molecule has 0 N–H and O–H groups in total. The molecule has 0 spiro atoms. The monoisotopic (exact) mass is 436 g/mol. The standard InChI is InChI=1S/C23H24N4OS2/c1-14-8-10-17(11-9-14)27(13-5-12-24)23(28)15(2)29-21-20-18-6-4-7-19(18)30-22(20)26-16(3)25-21/h8-11,15H,4-7,13H2,1-3H3. The topological polar surface area (TPSA) is 69.9 Å². The molecule has 4 rings (SSSR count). The van der Waals surface area contributed by atoms with Gasteiger partial charge in [-0.3, -0.25) is 4.79 Å². The van der Waals surface area contributed by atoms with Gasteiger partial charge >= 0.3 is 0 Å². The number of carbonyl (C=O) groups excluding carboxylic acids is 1. The summed E-state index contributed by atoms with van der Waals surface area (Å²) in [5.41, 5.74) is 3.34. The predicted octanol–water partition coefficient (Wildman–Crippen LogP) is 5.22. The SMILES string of the molecule is Cc1ccc(N(CCC#N)C(=O)C(C)Sc2nc(C)nc3sc4c(c23)CCC4)cc1. The summed E-state index contributed by atoms with van der Waals surface area (Å²) >= 11 is 3.28. The first-order valence-corrected chi connectivity index (χ1v) is 11.9. The molecule has 2 aromatic heterocycles. The van der Waals surface area contributed by atoms with E-state index in [1.165, 1.54) is 28.6 Å². The van der Waals surface area contributed by atoms with E-state index in [2.05, 4.69) is 11.1 Å². The van der Waals surface area contributed by atoms with E-state index in [-0.39, 0.29) is 11.2 Å². The van der Waals surface area contributed by atoms with Gasteiger partial charge in [0.25, 0.3) is 0 Å². The van der Waals surface area contributed by atoms with Crippen molar-refractivity contribution in [3.05, 3.63) is 46.1 Å². The summed E-state index contributed by atoms with van der Waals surface area (Å²) in [7, 11) is 0. The van der Waals surface area contributed by atoms with Gasteiger partial charge in [0.1, 0.15) is 15.7 Å². The Bertz CT molecular complexity index is 1130. The molecule has 1 aliphatic carbocycles. The molecule has 154 valence electrons. The van der Waals surface area contributed by atoms with Crippen molar-refractivity contribution < 1.29 is 4.79 Å². The van der Waals surface area contributed by atoms with Crippen LogP contribution < -0.4 is 4.90 Å². The first kappa shape index (κ1) is 20.8. The number of thiophene rings is 1. The summed E-state index contributed by atoms with van der Waals surface area (Å²) in [6, 6.07) is 10.0. The van der Waals surface area contributed by atoms with Crippen molar-refractivity contribution in [3.63, 3.8) is 0 Å². The number of aromatic nitrogens is 2. The number of nitrogens with zero attached hydrogens (tertiary/aromatic N) is 4. The summed E-state index contributed by atoms with van der Waals surface area (Å²) < 4.78 is 0. The normalized spacial score (nSPS) is 13.8. The Morgan fingerprint density at radius 1 is 1.27 bits per heavy atom. The van der Waals surface area contributed by atoms with Crippen LogP contribution in [0.4, 0.5) is 5.69 Å². The number of amides is 1. The summed E-state index contributed by atoms with van der Waals surface area (Å²) in [5, 5.41) is 10.8. The molecule has 2 heterocycles. The average Bonchev–Trinajstić information content (AvgIpc) is 3.29. The van der Waals surface area contributed by atoms with Crippen molar-refractivity contribution in [3.8, 4) is 6.07 Å². The van der Waals surface area contributed by atoms with Crippen LogP contribution in [0.5, 0.6) is 0 Å². The molecule has 0 saturated heterocycles. The van der Waals surface area contributed by atoms with Crippen LogP contribution in [0.2, 0.25) is 0 Å². The van der Waals surface area contributed by atoms with Crippen LogP contribution in [0, 0.1) is 25.2 Å². The lowest BCUT2D eigenvalue weighted by Crippen LogP contribution is -2.37. The molecule has 30 heavy (non-hydrogen) atoms. The van der Waals surface area contributed by atoms with Crippen LogP contribution in [0.25, 0.3) is 10.2 Å². The van der Waals surface area contributed by atoms with Crippen LogP contribution >= 0.6 is 23.1 Å². The van der Waals surface area contributed by atoms with Crippen molar-refractivity contribution in [2.75, 3.05) is 11.4 Å². The fraction of sp³-hybridized carbons (Fsp3) is 0.391. The van der Waals surface area contributed by atoms with Crippen molar-refractivity contribution in [1.82, 2.24) is 9.97 Å². The summed E-state index contributed by atoms with van der Waals surface area (Å²) in [6.45, 7) is 6.24. The Labute approximate surface area is 185 Å². The Hall–Kier alpha value is -2.43. The van der Waals surface area contributed by atoms with Crippen molar-refractivity contribution in [2.24, 2.45) is 0 Å². The fourth-order valence-corrected chi connectivity index (χ4v) is 6.30. The van der Waals surface area contributed by atoms with Crippen molar-refractivity contribution in [2.45, 2.75) is 56.7 Å². The summed E-state index contributed by atoms with van der Waals surface area (Å²) in [5.74, 6) is 0.736. The molecule has 0 saturated carbocycles. The highest BCUT2D eigenvalue weighted by atomic mass is 32.2. The number of rotatable bonds is 6. The molecule has 1 atom stereocenters. The van der Waals surface area contributed by atoms with Gasteiger partial charge in [-0.1, -0.05) is 29.5 Å². The minimum Gasteiger partial charge on any atom is -0.310 e. The fourth-order valence-electron chi connectivity index (χ4n) is 3.84. The number of hydrogen-bond donors (Lipinski definition) is 0. The Morgan fingerprint density at radius 3 is 2.77 bits per heavy atom.